The summed E-state index contributed by atoms with van der Waals surface area (Å²) in [6.45, 7) is 4.39. The number of carbonyl (C=O) groups is 2. The van der Waals surface area contributed by atoms with Crippen molar-refractivity contribution in [3.63, 3.8) is 0 Å². The monoisotopic (exact) mass is 726 g/mol. The molecule has 1 aliphatic carbocycles. The van der Waals surface area contributed by atoms with E-state index in [1.807, 2.05) is 30.3 Å². The van der Waals surface area contributed by atoms with Crippen LogP contribution in [-0.2, 0) is 37.5 Å². The number of halogens is 3. The van der Waals surface area contributed by atoms with Gasteiger partial charge >= 0.3 is 0 Å². The highest BCUT2D eigenvalue weighted by atomic mass is 32.2. The fraction of sp³-hybridized carbons (Fsp3) is 0.421. The molecule has 0 radical (unpaired) electrons. The average Bonchev–Trinajstić information content (AvgIpc) is 3.26. The van der Waals surface area contributed by atoms with Gasteiger partial charge in [-0.2, -0.15) is 4.31 Å². The lowest BCUT2D eigenvalue weighted by Gasteiger charge is -2.43. The second kappa shape index (κ2) is 15.7. The number of benzene rings is 3. The highest BCUT2D eigenvalue weighted by Gasteiger charge is 2.56. The van der Waals surface area contributed by atoms with E-state index in [1.165, 1.54) is 49.1 Å². The van der Waals surface area contributed by atoms with Crippen LogP contribution >= 0.6 is 0 Å². The first-order chi connectivity index (χ1) is 24.2. The van der Waals surface area contributed by atoms with E-state index in [4.69, 9.17) is 10.5 Å². The molecule has 274 valence electrons. The number of nitrogens with one attached hydrogen (secondary N) is 1. The Bertz CT molecular complexity index is 1860. The molecule has 3 aromatic rings. The fourth-order valence-corrected chi connectivity index (χ4v) is 9.17. The van der Waals surface area contributed by atoms with Crippen molar-refractivity contribution in [2.75, 3.05) is 19.7 Å². The molecule has 3 N–H and O–H groups in total. The number of amides is 2. The number of rotatable bonds is 13. The molecule has 0 unspecified atom stereocenters. The van der Waals surface area contributed by atoms with E-state index < -0.39 is 56.4 Å². The summed E-state index contributed by atoms with van der Waals surface area (Å²) in [6.07, 6.45) is 3.52. The first-order valence-corrected chi connectivity index (χ1v) is 18.6. The van der Waals surface area contributed by atoms with Crippen molar-refractivity contribution < 1.29 is 35.9 Å². The predicted octanol–water partition coefficient (Wildman–Crippen LogP) is 5.65. The molecule has 2 aliphatic rings. The molecule has 1 spiro atoms. The number of hydrogen-bond acceptors (Lipinski definition) is 6. The van der Waals surface area contributed by atoms with Crippen LogP contribution in [0, 0.1) is 17.5 Å². The molecule has 0 bridgehead atoms. The molecule has 0 aromatic heterocycles. The van der Waals surface area contributed by atoms with Crippen molar-refractivity contribution in [1.29, 1.82) is 0 Å². The smallest absolute Gasteiger partial charge is 0.247 e. The van der Waals surface area contributed by atoms with Gasteiger partial charge in [0.25, 0.3) is 0 Å². The summed E-state index contributed by atoms with van der Waals surface area (Å²) < 4.78 is 78.3. The van der Waals surface area contributed by atoms with E-state index >= 15 is 0 Å². The number of nitrogens with zero attached hydrogens (tertiary/aromatic N) is 2. The summed E-state index contributed by atoms with van der Waals surface area (Å²) in [5, 5.41) is 2.68. The number of ether oxygens (including phenoxy) is 1. The SMILES string of the molecule is CCN(CC1=C(c2ccc(F)cc2)S(=O)(=O)N(Cc2ccccc2)C12CCCCC2)C(=O)[C@@H](COCc1ccc(F)c(F)c1)NC(=O)C(C)(C)N. The Morgan fingerprint density at radius 2 is 1.63 bits per heavy atom. The Hall–Kier alpha value is -4.04. The molecule has 2 amide bonds. The summed E-state index contributed by atoms with van der Waals surface area (Å²) >= 11 is 0. The normalized spacial score (nSPS) is 17.8. The number of sulfonamides is 1. The lowest BCUT2D eigenvalue weighted by molar-refractivity contribution is -0.139. The van der Waals surface area contributed by atoms with Crippen molar-refractivity contribution >= 4 is 26.7 Å². The molecule has 1 atom stereocenters. The van der Waals surface area contributed by atoms with E-state index in [-0.39, 0.29) is 37.8 Å². The Morgan fingerprint density at radius 1 is 0.961 bits per heavy atom. The molecular formula is C38H45F3N4O5S. The van der Waals surface area contributed by atoms with Gasteiger partial charge in [0.2, 0.25) is 21.8 Å². The van der Waals surface area contributed by atoms with Gasteiger partial charge in [-0.25, -0.2) is 21.6 Å². The van der Waals surface area contributed by atoms with Gasteiger partial charge in [0.1, 0.15) is 11.9 Å². The van der Waals surface area contributed by atoms with Crippen LogP contribution in [0.4, 0.5) is 13.2 Å². The fourth-order valence-electron chi connectivity index (χ4n) is 6.87. The zero-order chi connectivity index (χ0) is 37.0. The lowest BCUT2D eigenvalue weighted by atomic mass is 9.75. The number of carbonyl (C=O) groups excluding carboxylic acids is 2. The van der Waals surface area contributed by atoms with Gasteiger partial charge < -0.3 is 20.7 Å². The van der Waals surface area contributed by atoms with Crippen LogP contribution in [0.15, 0.2) is 78.4 Å². The summed E-state index contributed by atoms with van der Waals surface area (Å²) in [4.78, 5) is 29.0. The first kappa shape index (κ1) is 38.2. The summed E-state index contributed by atoms with van der Waals surface area (Å²) in [5.41, 5.74) is 5.73. The molecule has 1 aliphatic heterocycles. The van der Waals surface area contributed by atoms with Crippen LogP contribution in [0.25, 0.3) is 4.91 Å². The van der Waals surface area contributed by atoms with Crippen LogP contribution in [0.3, 0.4) is 0 Å². The van der Waals surface area contributed by atoms with Crippen LogP contribution < -0.4 is 11.1 Å². The molecule has 3 aromatic carbocycles. The standard InChI is InChI=1S/C38H45F3N4O5S/c1-4-44(35(46)33(43-36(47)37(2,3)42)25-50-24-27-13-18-31(40)32(41)21-27)23-30-34(28-14-16-29(39)17-15-28)51(48,49)45(22-26-11-7-5-8-12-26)38(30)19-9-6-10-20-38/h5,7-8,11-18,21,33H,4,6,9-10,19-20,22-25,42H2,1-3H3,(H,43,47)/t33-/m1/s1. The van der Waals surface area contributed by atoms with Gasteiger partial charge in [0.05, 0.1) is 29.2 Å². The summed E-state index contributed by atoms with van der Waals surface area (Å²) in [5.74, 6) is -3.74. The van der Waals surface area contributed by atoms with Crippen LogP contribution in [0.2, 0.25) is 0 Å². The molecule has 51 heavy (non-hydrogen) atoms. The summed E-state index contributed by atoms with van der Waals surface area (Å²) in [6, 6.07) is 16.7. The zero-order valence-electron chi connectivity index (χ0n) is 29.1. The lowest BCUT2D eigenvalue weighted by Crippen LogP contribution is -2.58. The minimum absolute atomic E-state index is 0.0462. The maximum Gasteiger partial charge on any atom is 0.247 e. The minimum Gasteiger partial charge on any atom is -0.374 e. The average molecular weight is 727 g/mol. The second-order valence-electron chi connectivity index (χ2n) is 13.8. The molecule has 1 fully saturated rings. The number of hydrogen-bond donors (Lipinski definition) is 2. The predicted molar refractivity (Wildman–Crippen MR) is 189 cm³/mol. The number of likely N-dealkylation sites (N-methyl/N-ethyl adjacent to an activating group) is 1. The van der Waals surface area contributed by atoms with Crippen LogP contribution in [0.5, 0.6) is 0 Å². The van der Waals surface area contributed by atoms with Crippen molar-refractivity contribution in [3.05, 3.63) is 113 Å². The quantitative estimate of drug-likeness (QED) is 0.235. The zero-order valence-corrected chi connectivity index (χ0v) is 29.9. The molecule has 9 nitrogen and oxygen atoms in total. The largest absolute Gasteiger partial charge is 0.374 e. The van der Waals surface area contributed by atoms with Gasteiger partial charge in [-0.05, 0) is 80.1 Å². The highest BCUT2D eigenvalue weighted by molar-refractivity contribution is 7.98. The maximum absolute atomic E-state index is 14.7. The van der Waals surface area contributed by atoms with Gasteiger partial charge in [0, 0.05) is 19.6 Å². The Kier molecular flexibility index (Phi) is 11.7. The van der Waals surface area contributed by atoms with E-state index in [1.54, 1.807) is 11.2 Å². The van der Waals surface area contributed by atoms with Crippen molar-refractivity contribution in [1.82, 2.24) is 14.5 Å². The molecule has 1 heterocycles. The third-order valence-corrected chi connectivity index (χ3v) is 11.6. The molecule has 0 saturated heterocycles. The van der Waals surface area contributed by atoms with E-state index in [2.05, 4.69) is 5.32 Å². The van der Waals surface area contributed by atoms with E-state index in [9.17, 15) is 31.2 Å². The van der Waals surface area contributed by atoms with E-state index in [0.29, 0.717) is 29.5 Å². The van der Waals surface area contributed by atoms with E-state index in [0.717, 1.165) is 37.0 Å². The summed E-state index contributed by atoms with van der Waals surface area (Å²) in [7, 11) is -4.15. The van der Waals surface area contributed by atoms with Gasteiger partial charge in [-0.15, -0.1) is 0 Å². The van der Waals surface area contributed by atoms with Gasteiger partial charge in [0.15, 0.2) is 11.6 Å². The highest BCUT2D eigenvalue weighted by Crippen LogP contribution is 2.52. The van der Waals surface area contributed by atoms with Crippen molar-refractivity contribution in [2.45, 2.75) is 83.1 Å². The van der Waals surface area contributed by atoms with Gasteiger partial charge in [-0.1, -0.05) is 67.8 Å². The van der Waals surface area contributed by atoms with Crippen molar-refractivity contribution in [3.8, 4) is 0 Å². The third-order valence-electron chi connectivity index (χ3n) is 9.59. The Balaban J connectivity index is 1.54. The Labute approximate surface area is 297 Å². The first-order valence-electron chi connectivity index (χ1n) is 17.1. The third kappa shape index (κ3) is 8.38. The van der Waals surface area contributed by atoms with Gasteiger partial charge in [-0.3, -0.25) is 9.59 Å². The molecule has 5 rings (SSSR count). The van der Waals surface area contributed by atoms with Crippen LogP contribution in [-0.4, -0.2) is 66.3 Å². The number of nitrogens with two attached hydrogens (primary N) is 1. The minimum atomic E-state index is -4.15. The Morgan fingerprint density at radius 3 is 2.24 bits per heavy atom. The maximum atomic E-state index is 14.7. The molecule has 1 saturated carbocycles. The second-order valence-corrected chi connectivity index (χ2v) is 15.6. The molecular weight excluding hydrogens is 682 g/mol. The van der Waals surface area contributed by atoms with Crippen LogP contribution in [0.1, 0.15) is 69.6 Å². The molecule has 13 heteroatoms. The van der Waals surface area contributed by atoms with Crippen molar-refractivity contribution in [2.24, 2.45) is 5.73 Å². The topological polar surface area (TPSA) is 122 Å².